The zero-order valence-corrected chi connectivity index (χ0v) is 14.2. The first-order valence-electron chi connectivity index (χ1n) is 7.39. The van der Waals surface area contributed by atoms with Gasteiger partial charge in [0.1, 0.15) is 22.1 Å². The van der Waals surface area contributed by atoms with E-state index in [0.717, 1.165) is 11.8 Å². The third kappa shape index (κ3) is 3.90. The van der Waals surface area contributed by atoms with E-state index in [1.54, 1.807) is 24.5 Å². The molecule has 0 atom stereocenters. The van der Waals surface area contributed by atoms with Crippen LogP contribution in [0.15, 0.2) is 59.9 Å². The summed E-state index contributed by atoms with van der Waals surface area (Å²) in [6, 6.07) is 7.32. The third-order valence-corrected chi connectivity index (χ3v) is 4.90. The fraction of sp³-hybridized carbons (Fsp3) is 0. The summed E-state index contributed by atoms with van der Waals surface area (Å²) in [6.45, 7) is 0. The molecule has 0 aliphatic heterocycles. The first-order chi connectivity index (χ1) is 12.8. The van der Waals surface area contributed by atoms with Gasteiger partial charge in [-0.1, -0.05) is 0 Å². The zero-order valence-electron chi connectivity index (χ0n) is 13.4. The van der Waals surface area contributed by atoms with Gasteiger partial charge >= 0.3 is 5.97 Å². The van der Waals surface area contributed by atoms with E-state index in [0.29, 0.717) is 17.8 Å². The van der Waals surface area contributed by atoms with Gasteiger partial charge in [-0.2, -0.15) is 0 Å². The second kappa shape index (κ2) is 7.08. The van der Waals surface area contributed by atoms with Crippen LogP contribution in [0.1, 0.15) is 10.4 Å². The van der Waals surface area contributed by atoms with Crippen molar-refractivity contribution < 1.29 is 27.1 Å². The Morgan fingerprint density at radius 2 is 1.67 bits per heavy atom. The number of aromatic nitrogens is 2. The van der Waals surface area contributed by atoms with Crippen LogP contribution in [0, 0.1) is 11.6 Å². The second-order valence-electron chi connectivity index (χ2n) is 5.34. The fourth-order valence-electron chi connectivity index (χ4n) is 2.28. The van der Waals surface area contributed by atoms with Crippen molar-refractivity contribution in [2.75, 3.05) is 4.72 Å². The molecule has 2 N–H and O–H groups in total. The Morgan fingerprint density at radius 1 is 1.04 bits per heavy atom. The van der Waals surface area contributed by atoms with E-state index in [2.05, 4.69) is 9.97 Å². The molecule has 10 heteroatoms. The van der Waals surface area contributed by atoms with Gasteiger partial charge in [0.15, 0.2) is 0 Å². The Labute approximate surface area is 152 Å². The zero-order chi connectivity index (χ0) is 19.6. The lowest BCUT2D eigenvalue weighted by atomic mass is 10.2. The largest absolute Gasteiger partial charge is 0.477 e. The van der Waals surface area contributed by atoms with E-state index in [4.69, 9.17) is 5.11 Å². The smallest absolute Gasteiger partial charge is 0.341 e. The molecular weight excluding hydrogens is 380 g/mol. The number of rotatable bonds is 5. The Hall–Kier alpha value is -3.40. The van der Waals surface area contributed by atoms with Crippen LogP contribution in [0.5, 0.6) is 0 Å². The first kappa shape index (κ1) is 18.4. The number of nitrogens with one attached hydrogen (secondary N) is 1. The Morgan fingerprint density at radius 3 is 2.19 bits per heavy atom. The van der Waals surface area contributed by atoms with Gasteiger partial charge < -0.3 is 5.11 Å². The molecular formula is C17H11F2N3O4S. The topological polar surface area (TPSA) is 109 Å². The first-order valence-corrected chi connectivity index (χ1v) is 8.88. The Bertz CT molecular complexity index is 1080. The molecule has 0 aliphatic carbocycles. The average Bonchev–Trinajstić information content (AvgIpc) is 2.61. The molecule has 27 heavy (non-hydrogen) atoms. The van der Waals surface area contributed by atoms with E-state index in [9.17, 15) is 22.0 Å². The summed E-state index contributed by atoms with van der Waals surface area (Å²) in [4.78, 5) is 18.5. The van der Waals surface area contributed by atoms with E-state index in [1.807, 2.05) is 4.72 Å². The molecule has 3 rings (SSSR count). The average molecular weight is 391 g/mol. The van der Waals surface area contributed by atoms with Crippen LogP contribution >= 0.6 is 0 Å². The van der Waals surface area contributed by atoms with Crippen molar-refractivity contribution in [1.82, 2.24) is 9.97 Å². The van der Waals surface area contributed by atoms with Crippen LogP contribution in [0.3, 0.4) is 0 Å². The van der Waals surface area contributed by atoms with E-state index < -0.39 is 38.9 Å². The summed E-state index contributed by atoms with van der Waals surface area (Å²) in [6.07, 6.45) is 4.22. The predicted molar refractivity (Wildman–Crippen MR) is 91.6 cm³/mol. The predicted octanol–water partition coefficient (Wildman–Crippen LogP) is 2.92. The molecule has 0 aliphatic rings. The molecule has 0 radical (unpaired) electrons. The number of halogens is 2. The van der Waals surface area contributed by atoms with Gasteiger partial charge in [-0.15, -0.1) is 0 Å². The van der Waals surface area contributed by atoms with E-state index in [1.165, 1.54) is 12.1 Å². The quantitative estimate of drug-likeness (QED) is 0.692. The molecule has 3 aromatic rings. The number of sulfonamides is 1. The minimum absolute atomic E-state index is 0.233. The molecule has 0 bridgehead atoms. The number of benzene rings is 1. The van der Waals surface area contributed by atoms with Gasteiger partial charge in [-0.05, 0) is 36.4 Å². The Balaban J connectivity index is 1.88. The maximum absolute atomic E-state index is 13.7. The summed E-state index contributed by atoms with van der Waals surface area (Å²) in [5.41, 5.74) is -0.371. The van der Waals surface area contributed by atoms with Crippen molar-refractivity contribution in [3.05, 3.63) is 72.2 Å². The molecule has 0 amide bonds. The Kier molecular flexibility index (Phi) is 4.82. The number of carboxylic acids is 1. The number of hydrogen-bond donors (Lipinski definition) is 2. The standard InChI is InChI=1S/C17H11F2N3O4S/c18-13-7-11(8-14(19)16(13)17(23)24)22-27(25,26)12-1-2-15(21-9-12)10-3-5-20-6-4-10/h1-9,22H,(H,23,24). The highest BCUT2D eigenvalue weighted by atomic mass is 32.2. The number of carboxylic acid groups (broad SMARTS) is 1. The normalized spacial score (nSPS) is 11.2. The van der Waals surface area contributed by atoms with Crippen molar-refractivity contribution in [3.8, 4) is 11.3 Å². The van der Waals surface area contributed by atoms with Crippen LogP contribution in [0.25, 0.3) is 11.3 Å². The van der Waals surface area contributed by atoms with Gasteiger partial charge in [0.25, 0.3) is 10.0 Å². The van der Waals surface area contributed by atoms with Gasteiger partial charge in [-0.25, -0.2) is 22.0 Å². The maximum atomic E-state index is 13.7. The van der Waals surface area contributed by atoms with Crippen molar-refractivity contribution in [2.24, 2.45) is 0 Å². The van der Waals surface area contributed by atoms with Crippen molar-refractivity contribution in [2.45, 2.75) is 4.90 Å². The number of nitrogens with zero attached hydrogens (tertiary/aromatic N) is 2. The monoisotopic (exact) mass is 391 g/mol. The minimum atomic E-state index is -4.18. The van der Waals surface area contributed by atoms with Gasteiger partial charge in [0.05, 0.1) is 11.4 Å². The maximum Gasteiger partial charge on any atom is 0.341 e. The number of aromatic carboxylic acids is 1. The van der Waals surface area contributed by atoms with E-state index in [-0.39, 0.29) is 4.90 Å². The summed E-state index contributed by atoms with van der Waals surface area (Å²) >= 11 is 0. The van der Waals surface area contributed by atoms with Crippen LogP contribution in [-0.4, -0.2) is 29.5 Å². The molecule has 138 valence electrons. The number of hydrogen-bond acceptors (Lipinski definition) is 5. The van der Waals surface area contributed by atoms with Crippen molar-refractivity contribution in [1.29, 1.82) is 0 Å². The SMILES string of the molecule is O=C(O)c1c(F)cc(NS(=O)(=O)c2ccc(-c3ccncc3)nc2)cc1F. The number of carbonyl (C=O) groups is 1. The highest BCUT2D eigenvalue weighted by molar-refractivity contribution is 7.92. The lowest BCUT2D eigenvalue weighted by Crippen LogP contribution is -2.14. The third-order valence-electron chi connectivity index (χ3n) is 3.53. The molecule has 0 saturated carbocycles. The summed E-state index contributed by atoms with van der Waals surface area (Å²) in [5, 5.41) is 8.74. The van der Waals surface area contributed by atoms with Crippen LogP contribution in [0.2, 0.25) is 0 Å². The molecule has 0 saturated heterocycles. The summed E-state index contributed by atoms with van der Waals surface area (Å²) in [5.74, 6) is -4.59. The molecule has 0 spiro atoms. The molecule has 7 nitrogen and oxygen atoms in total. The molecule has 2 aromatic heterocycles. The van der Waals surface area contributed by atoms with Gasteiger partial charge in [0.2, 0.25) is 0 Å². The van der Waals surface area contributed by atoms with Crippen LogP contribution in [0.4, 0.5) is 14.5 Å². The second-order valence-corrected chi connectivity index (χ2v) is 7.02. The molecule has 2 heterocycles. The molecule has 0 fully saturated rings. The lowest BCUT2D eigenvalue weighted by Gasteiger charge is -2.10. The highest BCUT2D eigenvalue weighted by Crippen LogP contribution is 2.23. The van der Waals surface area contributed by atoms with Crippen LogP contribution < -0.4 is 4.72 Å². The van der Waals surface area contributed by atoms with Gasteiger partial charge in [0, 0.05) is 24.2 Å². The van der Waals surface area contributed by atoms with Crippen molar-refractivity contribution in [3.63, 3.8) is 0 Å². The molecule has 0 unspecified atom stereocenters. The van der Waals surface area contributed by atoms with Gasteiger partial charge in [-0.3, -0.25) is 14.7 Å². The highest BCUT2D eigenvalue weighted by Gasteiger charge is 2.21. The van der Waals surface area contributed by atoms with E-state index >= 15 is 0 Å². The number of pyridine rings is 2. The summed E-state index contributed by atoms with van der Waals surface area (Å²) in [7, 11) is -4.18. The van der Waals surface area contributed by atoms with Crippen LogP contribution in [-0.2, 0) is 10.0 Å². The number of anilines is 1. The lowest BCUT2D eigenvalue weighted by molar-refractivity contribution is 0.0686. The van der Waals surface area contributed by atoms with Crippen molar-refractivity contribution >= 4 is 21.7 Å². The minimum Gasteiger partial charge on any atom is -0.477 e. The summed E-state index contributed by atoms with van der Waals surface area (Å²) < 4.78 is 54.1. The molecule has 1 aromatic carbocycles. The fourth-order valence-corrected chi connectivity index (χ4v) is 3.27.